The second kappa shape index (κ2) is 13.2. The van der Waals surface area contributed by atoms with E-state index in [0.29, 0.717) is 37.4 Å². The Morgan fingerprint density at radius 3 is 2.25 bits per heavy atom. The van der Waals surface area contributed by atoms with E-state index in [9.17, 15) is 9.59 Å². The van der Waals surface area contributed by atoms with Crippen LogP contribution in [0.25, 0.3) is 0 Å². The van der Waals surface area contributed by atoms with Crippen LogP contribution in [0.15, 0.2) is 24.3 Å². The smallest absolute Gasteiger partial charge is 0.260 e. The van der Waals surface area contributed by atoms with E-state index in [4.69, 9.17) is 18.9 Å². The predicted octanol–water partition coefficient (Wildman–Crippen LogP) is 5.09. The lowest BCUT2D eigenvalue weighted by Gasteiger charge is -2.28. The number of hydrogen-bond acceptors (Lipinski definition) is 6. The SMILES string of the molecule is CCCc1c(OCCCOc2ccc(C(C)=O)c(OC)c2CCC)ccc2c1OC(C(=O)NC)CC2. The average molecular weight is 498 g/mol. The van der Waals surface area contributed by atoms with Crippen LogP contribution in [-0.2, 0) is 24.1 Å². The Kier molecular flexibility index (Phi) is 10.0. The summed E-state index contributed by atoms with van der Waals surface area (Å²) >= 11 is 0. The van der Waals surface area contributed by atoms with Crippen LogP contribution in [0, 0.1) is 0 Å². The molecule has 2 aromatic carbocycles. The highest BCUT2D eigenvalue weighted by Gasteiger charge is 2.28. The first-order valence-electron chi connectivity index (χ1n) is 12.9. The molecule has 1 atom stereocenters. The van der Waals surface area contributed by atoms with Crippen LogP contribution in [0.2, 0.25) is 0 Å². The number of methoxy groups -OCH3 is 1. The molecule has 7 nitrogen and oxygen atoms in total. The topological polar surface area (TPSA) is 83.1 Å². The van der Waals surface area contributed by atoms with E-state index < -0.39 is 6.10 Å². The number of nitrogens with one attached hydrogen (secondary N) is 1. The Bertz CT molecular complexity index is 1060. The van der Waals surface area contributed by atoms with E-state index in [-0.39, 0.29) is 11.7 Å². The number of likely N-dealkylation sites (N-methyl/N-ethyl adjacent to an activating group) is 1. The molecule has 1 aliphatic rings. The Labute approximate surface area is 214 Å². The first-order valence-corrected chi connectivity index (χ1v) is 12.9. The first kappa shape index (κ1) is 27.4. The molecule has 0 bridgehead atoms. The second-order valence-corrected chi connectivity index (χ2v) is 9.02. The van der Waals surface area contributed by atoms with Crippen molar-refractivity contribution in [2.75, 3.05) is 27.4 Å². The molecule has 0 spiro atoms. The maximum atomic E-state index is 12.1. The first-order chi connectivity index (χ1) is 17.4. The molecule has 36 heavy (non-hydrogen) atoms. The molecule has 1 N–H and O–H groups in total. The van der Waals surface area contributed by atoms with Gasteiger partial charge in [-0.3, -0.25) is 9.59 Å². The van der Waals surface area contributed by atoms with Crippen LogP contribution in [0.3, 0.4) is 0 Å². The molecule has 0 fully saturated rings. The molecule has 2 aromatic rings. The lowest BCUT2D eigenvalue weighted by Crippen LogP contribution is -2.38. The van der Waals surface area contributed by atoms with Crippen molar-refractivity contribution in [3.63, 3.8) is 0 Å². The maximum Gasteiger partial charge on any atom is 0.260 e. The third-order valence-corrected chi connectivity index (χ3v) is 6.38. The van der Waals surface area contributed by atoms with Crippen molar-refractivity contribution >= 4 is 11.7 Å². The summed E-state index contributed by atoms with van der Waals surface area (Å²) in [7, 11) is 3.22. The summed E-state index contributed by atoms with van der Waals surface area (Å²) in [6, 6.07) is 7.68. The van der Waals surface area contributed by atoms with Crippen molar-refractivity contribution in [3.05, 3.63) is 46.5 Å². The lowest BCUT2D eigenvalue weighted by molar-refractivity contribution is -0.128. The van der Waals surface area contributed by atoms with Gasteiger partial charge in [-0.1, -0.05) is 32.8 Å². The van der Waals surface area contributed by atoms with E-state index >= 15 is 0 Å². The molecule has 0 saturated heterocycles. The molecule has 1 aliphatic heterocycles. The van der Waals surface area contributed by atoms with E-state index in [1.54, 1.807) is 27.1 Å². The van der Waals surface area contributed by atoms with Crippen LogP contribution in [0.5, 0.6) is 23.0 Å². The molecule has 0 radical (unpaired) electrons. The van der Waals surface area contributed by atoms with Gasteiger partial charge in [-0.2, -0.15) is 0 Å². The van der Waals surface area contributed by atoms with Crippen LogP contribution in [0.4, 0.5) is 0 Å². The molecule has 0 aromatic heterocycles. The Morgan fingerprint density at radius 1 is 1.00 bits per heavy atom. The Morgan fingerprint density at radius 2 is 1.64 bits per heavy atom. The number of carbonyl (C=O) groups excluding carboxylic acids is 2. The molecule has 1 unspecified atom stereocenters. The fourth-order valence-corrected chi connectivity index (χ4v) is 4.62. The molecule has 1 heterocycles. The Hall–Kier alpha value is -3.22. The van der Waals surface area contributed by atoms with Gasteiger partial charge >= 0.3 is 0 Å². The minimum absolute atomic E-state index is 0.0253. The van der Waals surface area contributed by atoms with Gasteiger partial charge in [-0.05, 0) is 56.4 Å². The minimum Gasteiger partial charge on any atom is -0.496 e. The average Bonchev–Trinajstić information content (AvgIpc) is 2.89. The molecule has 3 rings (SSSR count). The molecule has 0 aliphatic carbocycles. The van der Waals surface area contributed by atoms with Gasteiger partial charge in [0.15, 0.2) is 11.9 Å². The van der Waals surface area contributed by atoms with E-state index in [1.165, 1.54) is 0 Å². The van der Waals surface area contributed by atoms with Gasteiger partial charge in [0.1, 0.15) is 23.0 Å². The summed E-state index contributed by atoms with van der Waals surface area (Å²) in [5.74, 6) is 2.82. The van der Waals surface area contributed by atoms with Crippen molar-refractivity contribution in [3.8, 4) is 23.0 Å². The van der Waals surface area contributed by atoms with Crippen molar-refractivity contribution in [1.82, 2.24) is 5.32 Å². The maximum absolute atomic E-state index is 12.1. The molecule has 7 heteroatoms. The van der Waals surface area contributed by atoms with Crippen molar-refractivity contribution in [2.45, 2.75) is 71.8 Å². The van der Waals surface area contributed by atoms with Crippen LogP contribution >= 0.6 is 0 Å². The highest BCUT2D eigenvalue weighted by atomic mass is 16.5. The summed E-state index contributed by atoms with van der Waals surface area (Å²) < 4.78 is 23.9. The molecular formula is C29H39NO6. The van der Waals surface area contributed by atoms with Gasteiger partial charge in [0.05, 0.1) is 25.9 Å². The number of Topliss-reactive ketones (excluding diaryl/α,β-unsaturated/α-hetero) is 1. The van der Waals surface area contributed by atoms with Gasteiger partial charge in [0.25, 0.3) is 5.91 Å². The highest BCUT2D eigenvalue weighted by Crippen LogP contribution is 2.38. The van der Waals surface area contributed by atoms with Crippen LogP contribution in [-0.4, -0.2) is 45.2 Å². The normalized spacial score (nSPS) is 14.4. The summed E-state index contributed by atoms with van der Waals surface area (Å²) in [5.41, 5.74) is 3.66. The molecule has 1 amide bonds. The third-order valence-electron chi connectivity index (χ3n) is 6.38. The number of amides is 1. The number of ether oxygens (including phenoxy) is 4. The Balaban J connectivity index is 1.65. The highest BCUT2D eigenvalue weighted by molar-refractivity contribution is 5.97. The number of benzene rings is 2. The fraction of sp³-hybridized carbons (Fsp3) is 0.517. The fourth-order valence-electron chi connectivity index (χ4n) is 4.62. The van der Waals surface area contributed by atoms with Gasteiger partial charge in [0.2, 0.25) is 0 Å². The minimum atomic E-state index is -0.467. The number of fused-ring (bicyclic) bond motifs is 1. The monoisotopic (exact) mass is 497 g/mol. The number of ketones is 1. The van der Waals surface area contributed by atoms with Gasteiger partial charge in [0, 0.05) is 24.6 Å². The van der Waals surface area contributed by atoms with Crippen molar-refractivity contribution in [2.24, 2.45) is 0 Å². The van der Waals surface area contributed by atoms with Gasteiger partial charge < -0.3 is 24.3 Å². The van der Waals surface area contributed by atoms with Crippen molar-refractivity contribution < 1.29 is 28.5 Å². The number of hydrogen-bond donors (Lipinski definition) is 1. The number of rotatable bonds is 13. The van der Waals surface area contributed by atoms with E-state index in [1.807, 2.05) is 18.2 Å². The summed E-state index contributed by atoms with van der Waals surface area (Å²) in [6.45, 7) is 6.71. The lowest BCUT2D eigenvalue weighted by atomic mass is 9.96. The van der Waals surface area contributed by atoms with Crippen molar-refractivity contribution in [1.29, 1.82) is 0 Å². The molecule has 196 valence electrons. The van der Waals surface area contributed by atoms with Crippen LogP contribution in [0.1, 0.15) is 73.5 Å². The zero-order valence-corrected chi connectivity index (χ0v) is 22.2. The second-order valence-electron chi connectivity index (χ2n) is 9.02. The van der Waals surface area contributed by atoms with Gasteiger partial charge in [-0.25, -0.2) is 0 Å². The summed E-state index contributed by atoms with van der Waals surface area (Å²) in [6.07, 6.45) is 5.15. The quantitative estimate of drug-likeness (QED) is 0.307. The van der Waals surface area contributed by atoms with Gasteiger partial charge in [-0.15, -0.1) is 0 Å². The number of carbonyl (C=O) groups is 2. The summed E-state index contributed by atoms with van der Waals surface area (Å²) in [5, 5.41) is 2.69. The van der Waals surface area contributed by atoms with E-state index in [2.05, 4.69) is 19.2 Å². The third kappa shape index (κ3) is 6.31. The standard InChI is InChI=1S/C29H39NO6/c1-6-9-22-24(14-11-20-12-15-26(29(32)30-4)36-27(20)22)34-17-8-18-35-25-16-13-21(19(3)31)28(33-5)23(25)10-7-2/h11,13-14,16,26H,6-10,12,15,17-18H2,1-5H3,(H,30,32). The molecule has 0 saturated carbocycles. The zero-order chi connectivity index (χ0) is 26.1. The summed E-state index contributed by atoms with van der Waals surface area (Å²) in [4.78, 5) is 24.1. The van der Waals surface area contributed by atoms with E-state index in [0.717, 1.165) is 66.0 Å². The largest absolute Gasteiger partial charge is 0.496 e. The predicted molar refractivity (Wildman–Crippen MR) is 140 cm³/mol. The van der Waals surface area contributed by atoms with Crippen LogP contribution < -0.4 is 24.3 Å². The number of aryl methyl sites for hydroxylation is 1. The molecular weight excluding hydrogens is 458 g/mol. The zero-order valence-electron chi connectivity index (χ0n) is 22.2.